The molecule has 0 unspecified atom stereocenters. The van der Waals surface area contributed by atoms with Gasteiger partial charge in [-0.15, -0.1) is 11.3 Å². The van der Waals surface area contributed by atoms with Crippen molar-refractivity contribution >= 4 is 39.2 Å². The summed E-state index contributed by atoms with van der Waals surface area (Å²) in [5, 5.41) is 5.89. The zero-order valence-corrected chi connectivity index (χ0v) is 14.2. The third-order valence-corrected chi connectivity index (χ3v) is 4.35. The molecule has 1 N–H and O–H groups in total. The summed E-state index contributed by atoms with van der Waals surface area (Å²) in [6.45, 7) is 2.10. The van der Waals surface area contributed by atoms with Crippen LogP contribution in [0, 0.1) is 0 Å². The predicted molar refractivity (Wildman–Crippen MR) is 93.3 cm³/mol. The van der Waals surface area contributed by atoms with E-state index in [1.807, 2.05) is 35.9 Å². The van der Waals surface area contributed by atoms with Gasteiger partial charge in [0.2, 0.25) is 0 Å². The highest BCUT2D eigenvalue weighted by Crippen LogP contribution is 2.23. The van der Waals surface area contributed by atoms with Crippen LogP contribution in [0.5, 0.6) is 0 Å². The zero-order valence-electron chi connectivity index (χ0n) is 13.4. The average Bonchev–Trinajstić information content (AvgIpc) is 3.13. The van der Waals surface area contributed by atoms with Crippen molar-refractivity contribution in [3.63, 3.8) is 0 Å². The number of nitrogens with zero attached hydrogens (tertiary/aromatic N) is 2. The van der Waals surface area contributed by atoms with Crippen LogP contribution < -0.4 is 5.32 Å². The molecule has 0 saturated carbocycles. The number of rotatable bonds is 5. The lowest BCUT2D eigenvalue weighted by atomic mass is 10.1. The Morgan fingerprint density at radius 2 is 2.12 bits per heavy atom. The van der Waals surface area contributed by atoms with Crippen molar-refractivity contribution in [1.29, 1.82) is 0 Å². The molecule has 0 bridgehead atoms. The number of hydrogen-bond donors (Lipinski definition) is 1. The number of carbonyl (C=O) groups excluding carboxylic acids is 2. The molecule has 2 aromatic heterocycles. The Kier molecular flexibility index (Phi) is 4.61. The number of fused-ring (bicyclic) bond motifs is 1. The zero-order chi connectivity index (χ0) is 17.1. The topological polar surface area (TPSA) is 73.2 Å². The molecule has 3 rings (SSSR count). The number of hydrogen-bond acceptors (Lipinski definition) is 5. The minimum atomic E-state index is -0.324. The number of aromatic nitrogens is 2. The van der Waals surface area contributed by atoms with Crippen molar-refractivity contribution in [3.05, 3.63) is 47.1 Å². The molecule has 7 heteroatoms. The summed E-state index contributed by atoms with van der Waals surface area (Å²) in [7, 11) is 1.90. The second-order valence-corrected chi connectivity index (χ2v) is 6.11. The van der Waals surface area contributed by atoms with Gasteiger partial charge < -0.3 is 9.30 Å². The number of anilines is 1. The van der Waals surface area contributed by atoms with Crippen molar-refractivity contribution in [3.8, 4) is 0 Å². The highest BCUT2D eigenvalue weighted by molar-refractivity contribution is 7.14. The molecule has 0 saturated heterocycles. The third kappa shape index (κ3) is 3.30. The van der Waals surface area contributed by atoms with Crippen molar-refractivity contribution in [1.82, 2.24) is 9.55 Å². The Labute approximate surface area is 143 Å². The quantitative estimate of drug-likeness (QED) is 0.723. The van der Waals surface area contributed by atoms with E-state index < -0.39 is 0 Å². The first-order valence-electron chi connectivity index (χ1n) is 7.54. The molecule has 0 aliphatic rings. The summed E-state index contributed by atoms with van der Waals surface area (Å²) in [6.07, 6.45) is 1.90. The number of amides is 1. The highest BCUT2D eigenvalue weighted by atomic mass is 32.1. The second kappa shape index (κ2) is 6.84. The van der Waals surface area contributed by atoms with Crippen LogP contribution in [-0.2, 0) is 23.0 Å². The molecule has 0 aliphatic heterocycles. The smallest absolute Gasteiger partial charge is 0.311 e. The minimum Gasteiger partial charge on any atom is -0.466 e. The lowest BCUT2D eigenvalue weighted by Crippen LogP contribution is -2.12. The van der Waals surface area contributed by atoms with Gasteiger partial charge in [0.25, 0.3) is 5.91 Å². The molecule has 6 nitrogen and oxygen atoms in total. The van der Waals surface area contributed by atoms with Gasteiger partial charge in [-0.3, -0.25) is 14.9 Å². The largest absolute Gasteiger partial charge is 0.466 e. The fraction of sp³-hybridized carbons (Fsp3) is 0.235. The molecule has 0 radical (unpaired) electrons. The number of carbonyl (C=O) groups is 2. The Hall–Kier alpha value is -2.67. The van der Waals surface area contributed by atoms with Crippen LogP contribution in [0.3, 0.4) is 0 Å². The number of ether oxygens (including phenoxy) is 1. The summed E-state index contributed by atoms with van der Waals surface area (Å²) in [4.78, 5) is 28.3. The Morgan fingerprint density at radius 3 is 2.92 bits per heavy atom. The Morgan fingerprint density at radius 1 is 1.33 bits per heavy atom. The molecule has 1 amide bonds. The van der Waals surface area contributed by atoms with Gasteiger partial charge in [-0.05, 0) is 13.0 Å². The number of nitrogens with one attached hydrogen (secondary N) is 1. The Balaban J connectivity index is 1.75. The summed E-state index contributed by atoms with van der Waals surface area (Å²) in [5.74, 6) is -0.543. The van der Waals surface area contributed by atoms with Gasteiger partial charge in [-0.1, -0.05) is 18.2 Å². The molecule has 2 heterocycles. The summed E-state index contributed by atoms with van der Waals surface area (Å²) in [5.41, 5.74) is 2.17. The molecule has 0 aliphatic carbocycles. The van der Waals surface area contributed by atoms with E-state index in [4.69, 9.17) is 4.74 Å². The van der Waals surface area contributed by atoms with Gasteiger partial charge in [-0.2, -0.15) is 0 Å². The molecule has 1 aromatic carbocycles. The molecule has 0 fully saturated rings. The van der Waals surface area contributed by atoms with Crippen LogP contribution in [0.4, 0.5) is 5.13 Å². The van der Waals surface area contributed by atoms with Gasteiger partial charge in [0.1, 0.15) is 0 Å². The number of esters is 1. The van der Waals surface area contributed by atoms with E-state index in [-0.39, 0.29) is 18.3 Å². The number of aryl methyl sites for hydroxylation is 1. The highest BCUT2D eigenvalue weighted by Gasteiger charge is 2.16. The second-order valence-electron chi connectivity index (χ2n) is 5.25. The fourth-order valence-corrected chi connectivity index (χ4v) is 3.20. The maximum Gasteiger partial charge on any atom is 0.311 e. The van der Waals surface area contributed by atoms with Crippen LogP contribution in [0.25, 0.3) is 10.9 Å². The van der Waals surface area contributed by atoms with Crippen LogP contribution >= 0.6 is 11.3 Å². The average molecular weight is 343 g/mol. The van der Waals surface area contributed by atoms with Crippen LogP contribution in [0.2, 0.25) is 0 Å². The third-order valence-electron chi connectivity index (χ3n) is 3.54. The van der Waals surface area contributed by atoms with E-state index in [2.05, 4.69) is 10.3 Å². The van der Waals surface area contributed by atoms with Crippen LogP contribution in [-0.4, -0.2) is 28.0 Å². The molecule has 3 aromatic rings. The lowest BCUT2D eigenvalue weighted by Gasteiger charge is -2.00. The van der Waals surface area contributed by atoms with E-state index in [1.165, 1.54) is 11.3 Å². The van der Waals surface area contributed by atoms with Crippen molar-refractivity contribution in [2.75, 3.05) is 11.9 Å². The maximum absolute atomic E-state index is 12.5. The normalized spacial score (nSPS) is 10.8. The van der Waals surface area contributed by atoms with Gasteiger partial charge in [-0.25, -0.2) is 4.98 Å². The van der Waals surface area contributed by atoms with Crippen molar-refractivity contribution in [2.24, 2.45) is 7.05 Å². The lowest BCUT2D eigenvalue weighted by molar-refractivity contribution is -0.142. The molecule has 24 heavy (non-hydrogen) atoms. The van der Waals surface area contributed by atoms with Crippen molar-refractivity contribution in [2.45, 2.75) is 13.3 Å². The monoisotopic (exact) mass is 343 g/mol. The van der Waals surface area contributed by atoms with Crippen LogP contribution in [0.1, 0.15) is 23.0 Å². The van der Waals surface area contributed by atoms with E-state index in [0.29, 0.717) is 23.0 Å². The summed E-state index contributed by atoms with van der Waals surface area (Å²) in [6, 6.07) is 7.72. The first-order chi connectivity index (χ1) is 11.6. The van der Waals surface area contributed by atoms with Gasteiger partial charge >= 0.3 is 5.97 Å². The first kappa shape index (κ1) is 16.2. The molecule has 0 spiro atoms. The number of benzene rings is 1. The SMILES string of the molecule is CCOC(=O)Cc1csc(NC(=O)c2cn(C)c3ccccc23)n1. The van der Waals surface area contributed by atoms with Gasteiger partial charge in [0.15, 0.2) is 5.13 Å². The standard InChI is InChI=1S/C17H17N3O3S/c1-3-23-15(21)8-11-10-24-17(18-11)19-16(22)13-9-20(2)14-7-5-4-6-12(13)14/h4-7,9-10H,3,8H2,1-2H3,(H,18,19,22). The van der Waals surface area contributed by atoms with Gasteiger partial charge in [0.05, 0.1) is 24.3 Å². The molecular formula is C17H17N3O3S. The molecule has 0 atom stereocenters. The number of thiazole rings is 1. The summed E-state index contributed by atoms with van der Waals surface area (Å²) < 4.78 is 6.81. The van der Waals surface area contributed by atoms with Gasteiger partial charge in [0, 0.05) is 29.5 Å². The molecular weight excluding hydrogens is 326 g/mol. The number of para-hydroxylation sites is 1. The Bertz CT molecular complexity index is 898. The molecule has 124 valence electrons. The van der Waals surface area contributed by atoms with E-state index in [9.17, 15) is 9.59 Å². The fourth-order valence-electron chi connectivity index (χ4n) is 2.49. The van der Waals surface area contributed by atoms with Crippen LogP contribution in [0.15, 0.2) is 35.8 Å². The maximum atomic E-state index is 12.5. The minimum absolute atomic E-state index is 0.106. The van der Waals surface area contributed by atoms with E-state index >= 15 is 0 Å². The van der Waals surface area contributed by atoms with E-state index in [0.717, 1.165) is 10.9 Å². The predicted octanol–water partition coefficient (Wildman–Crippen LogP) is 2.99. The summed E-state index contributed by atoms with van der Waals surface area (Å²) >= 11 is 1.29. The first-order valence-corrected chi connectivity index (χ1v) is 8.42. The van der Waals surface area contributed by atoms with Crippen molar-refractivity contribution < 1.29 is 14.3 Å². The van der Waals surface area contributed by atoms with E-state index in [1.54, 1.807) is 18.5 Å².